The quantitative estimate of drug-likeness (QED) is 0.712. The molecule has 0 aliphatic carbocycles. The van der Waals surface area contributed by atoms with Gasteiger partial charge in [0.25, 0.3) is 5.91 Å². The highest BCUT2D eigenvalue weighted by Crippen LogP contribution is 2.21. The number of aryl methyl sites for hydroxylation is 2. The molecule has 3 rings (SSSR count). The van der Waals surface area contributed by atoms with Crippen LogP contribution in [-0.2, 0) is 16.1 Å². The van der Waals surface area contributed by atoms with Gasteiger partial charge in [-0.15, -0.1) is 0 Å². The first-order chi connectivity index (χ1) is 13.4. The Kier molecular flexibility index (Phi) is 5.77. The van der Waals surface area contributed by atoms with Crippen LogP contribution in [0, 0.1) is 13.8 Å². The van der Waals surface area contributed by atoms with Gasteiger partial charge in [-0.1, -0.05) is 19.1 Å². The number of carbonyl (C=O) groups excluding carboxylic acids is 3. The van der Waals surface area contributed by atoms with Crippen LogP contribution in [0.5, 0.6) is 0 Å². The zero-order valence-corrected chi connectivity index (χ0v) is 16.3. The lowest BCUT2D eigenvalue weighted by molar-refractivity contribution is -0.118. The fraction of sp³-hybridized carbons (Fsp3) is 0.400. The molecule has 0 bridgehead atoms. The molecule has 0 saturated heterocycles. The Hall–Kier alpha value is -3.16. The van der Waals surface area contributed by atoms with Crippen molar-refractivity contribution in [2.45, 2.75) is 52.6 Å². The van der Waals surface area contributed by atoms with E-state index in [1.54, 1.807) is 24.3 Å². The Balaban J connectivity index is 1.62. The third kappa shape index (κ3) is 4.05. The molecule has 148 valence electrons. The van der Waals surface area contributed by atoms with Crippen LogP contribution < -0.4 is 16.0 Å². The van der Waals surface area contributed by atoms with Gasteiger partial charge in [-0.05, 0) is 38.8 Å². The molecule has 8 heteroatoms. The second-order valence-corrected chi connectivity index (χ2v) is 6.92. The predicted octanol–water partition coefficient (Wildman–Crippen LogP) is 2.38. The maximum absolute atomic E-state index is 12.4. The lowest BCUT2D eigenvalue weighted by Crippen LogP contribution is -2.41. The normalized spacial score (nSPS) is 16.0. The molecule has 0 saturated carbocycles. The molecule has 8 nitrogen and oxygen atoms in total. The minimum atomic E-state index is -0.768. The molecule has 1 atom stereocenters. The predicted molar refractivity (Wildman–Crippen MR) is 106 cm³/mol. The van der Waals surface area contributed by atoms with Gasteiger partial charge in [0, 0.05) is 13.0 Å². The summed E-state index contributed by atoms with van der Waals surface area (Å²) < 4.78 is 1.88. The smallest absolute Gasteiger partial charge is 0.254 e. The van der Waals surface area contributed by atoms with Crippen molar-refractivity contribution in [1.82, 2.24) is 15.1 Å². The number of anilines is 2. The molecule has 1 aromatic heterocycles. The summed E-state index contributed by atoms with van der Waals surface area (Å²) in [5.74, 6) is -0.868. The summed E-state index contributed by atoms with van der Waals surface area (Å²) in [5.41, 5.74) is 3.27. The molecule has 3 amide bonds. The molecule has 1 aliphatic rings. The van der Waals surface area contributed by atoms with Crippen molar-refractivity contribution in [3.05, 3.63) is 41.2 Å². The van der Waals surface area contributed by atoms with Gasteiger partial charge in [-0.3, -0.25) is 19.1 Å². The Morgan fingerprint density at radius 2 is 2.00 bits per heavy atom. The first-order valence-electron chi connectivity index (χ1n) is 9.45. The van der Waals surface area contributed by atoms with Crippen molar-refractivity contribution in [2.75, 3.05) is 10.6 Å². The number of carbonyl (C=O) groups is 3. The number of fused-ring (bicyclic) bond motifs is 1. The number of hydrogen-bond donors (Lipinski definition) is 3. The molecular formula is C20H25N5O3. The monoisotopic (exact) mass is 383 g/mol. The van der Waals surface area contributed by atoms with Crippen molar-refractivity contribution in [3.8, 4) is 0 Å². The average molecular weight is 383 g/mol. The molecular weight excluding hydrogens is 358 g/mol. The highest BCUT2D eigenvalue weighted by molar-refractivity contribution is 6.10. The second-order valence-electron chi connectivity index (χ2n) is 6.92. The van der Waals surface area contributed by atoms with Crippen molar-refractivity contribution in [1.29, 1.82) is 0 Å². The van der Waals surface area contributed by atoms with Crippen LogP contribution >= 0.6 is 0 Å². The molecule has 0 fully saturated rings. The lowest BCUT2D eigenvalue weighted by atomic mass is 10.1. The van der Waals surface area contributed by atoms with Gasteiger partial charge in [0.15, 0.2) is 0 Å². The molecule has 28 heavy (non-hydrogen) atoms. The number of amides is 3. The number of benzene rings is 1. The standard InChI is InChI=1S/C20H25N5O3/c1-4-11-25-13(3)18(12(2)24-25)23-17(26)10-9-16-20(28)21-15-8-6-5-7-14(15)19(27)22-16/h5-8,16H,4,9-11H2,1-3H3,(H,21,28)(H,22,27)(H,23,26). The van der Waals surface area contributed by atoms with E-state index in [1.165, 1.54) is 0 Å². The average Bonchev–Trinajstić information content (AvgIpc) is 2.85. The Labute approximate surface area is 163 Å². The third-order valence-electron chi connectivity index (χ3n) is 4.79. The van der Waals surface area contributed by atoms with Crippen LogP contribution in [0.3, 0.4) is 0 Å². The van der Waals surface area contributed by atoms with E-state index in [4.69, 9.17) is 0 Å². The van der Waals surface area contributed by atoms with Crippen LogP contribution in [0.15, 0.2) is 24.3 Å². The molecule has 1 aliphatic heterocycles. The summed E-state index contributed by atoms with van der Waals surface area (Å²) in [6.45, 7) is 6.63. The summed E-state index contributed by atoms with van der Waals surface area (Å²) in [4.78, 5) is 37.2. The summed E-state index contributed by atoms with van der Waals surface area (Å²) in [6, 6.07) is 6.06. The van der Waals surface area contributed by atoms with Gasteiger partial charge in [-0.2, -0.15) is 5.10 Å². The van der Waals surface area contributed by atoms with E-state index in [9.17, 15) is 14.4 Å². The minimum absolute atomic E-state index is 0.104. The largest absolute Gasteiger partial charge is 0.340 e. The van der Waals surface area contributed by atoms with Gasteiger partial charge in [-0.25, -0.2) is 0 Å². The number of rotatable bonds is 6. The van der Waals surface area contributed by atoms with Crippen LogP contribution in [-0.4, -0.2) is 33.5 Å². The first kappa shape index (κ1) is 19.6. The number of nitrogens with zero attached hydrogens (tertiary/aromatic N) is 2. The third-order valence-corrected chi connectivity index (χ3v) is 4.79. The fourth-order valence-electron chi connectivity index (χ4n) is 3.30. The molecule has 1 aromatic carbocycles. The highest BCUT2D eigenvalue weighted by Gasteiger charge is 2.28. The topological polar surface area (TPSA) is 105 Å². The fourth-order valence-corrected chi connectivity index (χ4v) is 3.30. The van der Waals surface area contributed by atoms with Gasteiger partial charge in [0.1, 0.15) is 6.04 Å². The van der Waals surface area contributed by atoms with Gasteiger partial charge < -0.3 is 16.0 Å². The van der Waals surface area contributed by atoms with Crippen LogP contribution in [0.2, 0.25) is 0 Å². The first-order valence-corrected chi connectivity index (χ1v) is 9.45. The van der Waals surface area contributed by atoms with E-state index >= 15 is 0 Å². The summed E-state index contributed by atoms with van der Waals surface area (Å²) in [6.07, 6.45) is 1.26. The zero-order chi connectivity index (χ0) is 20.3. The molecule has 0 spiro atoms. The van der Waals surface area contributed by atoms with E-state index in [0.717, 1.165) is 24.4 Å². The summed E-state index contributed by atoms with van der Waals surface area (Å²) in [5, 5.41) is 12.8. The number of hydrogen-bond acceptors (Lipinski definition) is 4. The van der Waals surface area contributed by atoms with E-state index in [1.807, 2.05) is 18.5 Å². The van der Waals surface area contributed by atoms with Crippen molar-refractivity contribution >= 4 is 29.1 Å². The van der Waals surface area contributed by atoms with Crippen molar-refractivity contribution in [3.63, 3.8) is 0 Å². The lowest BCUT2D eigenvalue weighted by Gasteiger charge is -2.14. The van der Waals surface area contributed by atoms with Gasteiger partial charge in [0.05, 0.1) is 28.3 Å². The van der Waals surface area contributed by atoms with Crippen molar-refractivity contribution in [2.24, 2.45) is 0 Å². The van der Waals surface area contributed by atoms with E-state index in [2.05, 4.69) is 28.0 Å². The zero-order valence-electron chi connectivity index (χ0n) is 16.3. The highest BCUT2D eigenvalue weighted by atomic mass is 16.2. The van der Waals surface area contributed by atoms with Crippen LogP contribution in [0.4, 0.5) is 11.4 Å². The van der Waals surface area contributed by atoms with Crippen molar-refractivity contribution < 1.29 is 14.4 Å². The summed E-state index contributed by atoms with van der Waals surface area (Å²) >= 11 is 0. The van der Waals surface area contributed by atoms with Crippen LogP contribution in [0.25, 0.3) is 0 Å². The molecule has 1 unspecified atom stereocenters. The number of nitrogens with one attached hydrogen (secondary N) is 3. The SMILES string of the molecule is CCCn1nc(C)c(NC(=O)CCC2NC(=O)c3ccccc3NC2=O)c1C. The molecule has 3 N–H and O–H groups in total. The molecule has 0 radical (unpaired) electrons. The number of para-hydroxylation sites is 1. The second kappa shape index (κ2) is 8.24. The maximum Gasteiger partial charge on any atom is 0.254 e. The van der Waals surface area contributed by atoms with Gasteiger partial charge in [0.2, 0.25) is 11.8 Å². The summed E-state index contributed by atoms with van der Waals surface area (Å²) in [7, 11) is 0. The molecule has 2 aromatic rings. The Bertz CT molecular complexity index is 919. The molecule has 2 heterocycles. The van der Waals surface area contributed by atoms with E-state index < -0.39 is 6.04 Å². The van der Waals surface area contributed by atoms with Crippen LogP contribution in [0.1, 0.15) is 47.9 Å². The Morgan fingerprint density at radius 1 is 1.25 bits per heavy atom. The maximum atomic E-state index is 12.4. The number of aromatic nitrogens is 2. The Morgan fingerprint density at radius 3 is 2.75 bits per heavy atom. The van der Waals surface area contributed by atoms with E-state index in [-0.39, 0.29) is 30.6 Å². The van der Waals surface area contributed by atoms with Gasteiger partial charge >= 0.3 is 0 Å². The minimum Gasteiger partial charge on any atom is -0.340 e. The van der Waals surface area contributed by atoms with E-state index in [0.29, 0.717) is 16.9 Å².